The maximum absolute atomic E-state index is 11.8. The molecule has 4 heteroatoms. The number of ether oxygens (including phenoxy) is 1. The Kier molecular flexibility index (Phi) is 4.50. The van der Waals surface area contributed by atoms with Gasteiger partial charge in [-0.1, -0.05) is 12.2 Å². The highest BCUT2D eigenvalue weighted by atomic mass is 16.5. The Balaban J connectivity index is 2.38. The van der Waals surface area contributed by atoms with Crippen molar-refractivity contribution in [3.8, 4) is 0 Å². The van der Waals surface area contributed by atoms with Gasteiger partial charge in [-0.05, 0) is 27.2 Å². The number of hydrogen-bond acceptors (Lipinski definition) is 3. The normalized spacial score (nSPS) is 18.6. The fourth-order valence-electron chi connectivity index (χ4n) is 1.45. The van der Waals surface area contributed by atoms with Gasteiger partial charge in [0.2, 0.25) is 0 Å². The van der Waals surface area contributed by atoms with Crippen molar-refractivity contribution in [1.29, 1.82) is 0 Å². The number of carbonyl (C=O) groups excluding carboxylic acids is 1. The van der Waals surface area contributed by atoms with Crippen LogP contribution in [0.5, 0.6) is 0 Å². The first-order chi connectivity index (χ1) is 7.40. The van der Waals surface area contributed by atoms with Gasteiger partial charge in [-0.25, -0.2) is 0 Å². The van der Waals surface area contributed by atoms with E-state index < -0.39 is 6.10 Å². The Morgan fingerprint density at radius 1 is 1.50 bits per heavy atom. The smallest absolute Gasteiger partial charge is 0.254 e. The van der Waals surface area contributed by atoms with Crippen LogP contribution in [0.4, 0.5) is 0 Å². The lowest BCUT2D eigenvalue weighted by atomic mass is 10.2. The summed E-state index contributed by atoms with van der Waals surface area (Å²) in [7, 11) is 0. The van der Waals surface area contributed by atoms with E-state index in [1.165, 1.54) is 0 Å². The molecule has 0 aromatic rings. The van der Waals surface area contributed by atoms with Gasteiger partial charge in [0.15, 0.2) is 6.10 Å². The van der Waals surface area contributed by atoms with Crippen LogP contribution in [0.3, 0.4) is 0 Å². The molecule has 4 nitrogen and oxygen atoms in total. The van der Waals surface area contributed by atoms with Crippen molar-refractivity contribution < 1.29 is 14.6 Å². The Hall–Kier alpha value is -0.870. The number of aliphatic hydroxyl groups excluding tert-OH is 1. The van der Waals surface area contributed by atoms with E-state index in [4.69, 9.17) is 4.74 Å². The van der Waals surface area contributed by atoms with Gasteiger partial charge in [0.25, 0.3) is 5.91 Å². The molecule has 1 N–H and O–H groups in total. The first-order valence-corrected chi connectivity index (χ1v) is 5.66. The van der Waals surface area contributed by atoms with Crippen molar-refractivity contribution >= 4 is 5.91 Å². The summed E-state index contributed by atoms with van der Waals surface area (Å²) in [6.45, 7) is 7.02. The molecule has 0 unspecified atom stereocenters. The van der Waals surface area contributed by atoms with Gasteiger partial charge < -0.3 is 14.7 Å². The van der Waals surface area contributed by atoms with Gasteiger partial charge in [-0.15, -0.1) is 0 Å². The highest BCUT2D eigenvalue weighted by molar-refractivity contribution is 5.81. The van der Waals surface area contributed by atoms with Crippen LogP contribution < -0.4 is 0 Å². The fraction of sp³-hybridized carbons (Fsp3) is 0.750. The van der Waals surface area contributed by atoms with Gasteiger partial charge >= 0.3 is 0 Å². The summed E-state index contributed by atoms with van der Waals surface area (Å²) < 4.78 is 5.39. The van der Waals surface area contributed by atoms with Crippen molar-refractivity contribution in [3.05, 3.63) is 12.2 Å². The average Bonchev–Trinajstić information content (AvgIpc) is 2.25. The van der Waals surface area contributed by atoms with E-state index in [2.05, 4.69) is 0 Å². The molecule has 1 atom stereocenters. The first kappa shape index (κ1) is 13.2. The molecule has 92 valence electrons. The molecule has 0 aromatic carbocycles. The molecule has 0 bridgehead atoms. The van der Waals surface area contributed by atoms with E-state index in [0.717, 1.165) is 6.42 Å². The monoisotopic (exact) mass is 227 g/mol. The van der Waals surface area contributed by atoms with Crippen LogP contribution in [-0.2, 0) is 9.53 Å². The number of hydrogen-bond donors (Lipinski definition) is 1. The number of amides is 1. The van der Waals surface area contributed by atoms with Crippen LogP contribution in [0.2, 0.25) is 0 Å². The summed E-state index contributed by atoms with van der Waals surface area (Å²) in [5.41, 5.74) is -0.330. The zero-order valence-corrected chi connectivity index (χ0v) is 10.3. The first-order valence-electron chi connectivity index (χ1n) is 5.66. The topological polar surface area (TPSA) is 49.8 Å². The molecule has 1 rings (SSSR count). The van der Waals surface area contributed by atoms with Gasteiger partial charge in [0.05, 0.1) is 12.2 Å². The van der Waals surface area contributed by atoms with E-state index in [0.29, 0.717) is 13.1 Å². The maximum atomic E-state index is 11.8. The minimum absolute atomic E-state index is 0.0581. The van der Waals surface area contributed by atoms with Crippen molar-refractivity contribution in [1.82, 2.24) is 4.90 Å². The number of nitrogens with zero attached hydrogens (tertiary/aromatic N) is 1. The van der Waals surface area contributed by atoms with Gasteiger partial charge in [-0.3, -0.25) is 4.79 Å². The largest absolute Gasteiger partial charge is 0.381 e. The molecule has 0 fully saturated rings. The summed E-state index contributed by atoms with van der Waals surface area (Å²) in [5, 5.41) is 9.69. The molecule has 0 aliphatic carbocycles. The predicted molar refractivity (Wildman–Crippen MR) is 62.0 cm³/mol. The molecule has 0 radical (unpaired) electrons. The minimum Gasteiger partial charge on any atom is -0.381 e. The van der Waals surface area contributed by atoms with E-state index >= 15 is 0 Å². The summed E-state index contributed by atoms with van der Waals surface area (Å²) in [4.78, 5) is 13.4. The number of rotatable bonds is 3. The molecule has 0 spiro atoms. The standard InChI is InChI=1S/C12H21NO3/c1-12(2,3)16-9-10(14)11(15)13-7-5-4-6-8-13/h4-5,10,14H,6-9H2,1-3H3/t10-/m0/s1. The average molecular weight is 227 g/mol. The van der Waals surface area contributed by atoms with E-state index in [-0.39, 0.29) is 18.1 Å². The third kappa shape index (κ3) is 4.33. The third-order valence-corrected chi connectivity index (χ3v) is 2.33. The quantitative estimate of drug-likeness (QED) is 0.730. The predicted octanol–water partition coefficient (Wildman–Crippen LogP) is 0.951. The lowest BCUT2D eigenvalue weighted by molar-refractivity contribution is -0.146. The second kappa shape index (κ2) is 5.46. The minimum atomic E-state index is -1.05. The summed E-state index contributed by atoms with van der Waals surface area (Å²) in [5.74, 6) is -0.242. The molecule has 1 amide bonds. The molecule has 0 saturated heterocycles. The Morgan fingerprint density at radius 3 is 2.69 bits per heavy atom. The van der Waals surface area contributed by atoms with Gasteiger partial charge in [-0.2, -0.15) is 0 Å². The third-order valence-electron chi connectivity index (χ3n) is 2.33. The van der Waals surface area contributed by atoms with E-state index in [9.17, 15) is 9.90 Å². The summed E-state index contributed by atoms with van der Waals surface area (Å²) >= 11 is 0. The Labute approximate surface area is 96.9 Å². The van der Waals surface area contributed by atoms with E-state index in [1.807, 2.05) is 32.9 Å². The SMILES string of the molecule is CC(C)(C)OC[C@H](O)C(=O)N1CC=CCC1. The highest BCUT2D eigenvalue weighted by Gasteiger charge is 2.24. The molecular formula is C12H21NO3. The summed E-state index contributed by atoms with van der Waals surface area (Å²) in [6, 6.07) is 0. The second-order valence-electron chi connectivity index (χ2n) is 4.98. The molecule has 1 aliphatic heterocycles. The van der Waals surface area contributed by atoms with Crippen molar-refractivity contribution in [2.75, 3.05) is 19.7 Å². The Bertz CT molecular complexity index is 268. The van der Waals surface area contributed by atoms with Crippen LogP contribution >= 0.6 is 0 Å². The molecular weight excluding hydrogens is 206 g/mol. The van der Waals surface area contributed by atoms with Gasteiger partial charge in [0.1, 0.15) is 0 Å². The molecule has 1 heterocycles. The Morgan fingerprint density at radius 2 is 2.19 bits per heavy atom. The van der Waals surface area contributed by atoms with Gasteiger partial charge in [0, 0.05) is 13.1 Å². The maximum Gasteiger partial charge on any atom is 0.254 e. The zero-order chi connectivity index (χ0) is 12.2. The lowest BCUT2D eigenvalue weighted by Crippen LogP contribution is -2.43. The fourth-order valence-corrected chi connectivity index (χ4v) is 1.45. The van der Waals surface area contributed by atoms with Crippen molar-refractivity contribution in [2.24, 2.45) is 0 Å². The number of carbonyl (C=O) groups is 1. The lowest BCUT2D eigenvalue weighted by Gasteiger charge is -2.27. The van der Waals surface area contributed by atoms with Crippen molar-refractivity contribution in [3.63, 3.8) is 0 Å². The van der Waals surface area contributed by atoms with Crippen LogP contribution in [0.15, 0.2) is 12.2 Å². The molecule has 0 saturated carbocycles. The molecule has 0 aromatic heterocycles. The second-order valence-corrected chi connectivity index (χ2v) is 4.98. The highest BCUT2D eigenvalue weighted by Crippen LogP contribution is 2.09. The summed E-state index contributed by atoms with van der Waals surface area (Å²) in [6.07, 6.45) is 3.80. The van der Waals surface area contributed by atoms with E-state index in [1.54, 1.807) is 4.90 Å². The van der Waals surface area contributed by atoms with Crippen LogP contribution in [-0.4, -0.2) is 47.3 Å². The van der Waals surface area contributed by atoms with Crippen LogP contribution in [0, 0.1) is 0 Å². The van der Waals surface area contributed by atoms with Crippen molar-refractivity contribution in [2.45, 2.75) is 38.9 Å². The molecule has 1 aliphatic rings. The molecule has 16 heavy (non-hydrogen) atoms. The number of aliphatic hydroxyl groups is 1. The zero-order valence-electron chi connectivity index (χ0n) is 10.3. The van der Waals surface area contributed by atoms with Crippen LogP contribution in [0.1, 0.15) is 27.2 Å². The van der Waals surface area contributed by atoms with Crippen LogP contribution in [0.25, 0.3) is 0 Å².